The average molecular weight is 535 g/mol. The number of rotatable bonds is 4. The number of carbonyl (C=O) groups excluding carboxylic acids is 2. The molecular weight excluding hydrogens is 511 g/mol. The summed E-state index contributed by atoms with van der Waals surface area (Å²) in [6, 6.07) is 15.4. The Morgan fingerprint density at radius 1 is 1.00 bits per heavy atom. The number of ketones is 1. The summed E-state index contributed by atoms with van der Waals surface area (Å²) >= 11 is 12.6. The number of Topliss-reactive ketones (excluding diaryl/α,β-unsaturated/α-hetero) is 1. The van der Waals surface area contributed by atoms with Crippen LogP contribution in [0.15, 0.2) is 60.2 Å². The highest BCUT2D eigenvalue weighted by atomic mass is 35.5. The zero-order valence-corrected chi connectivity index (χ0v) is 22.2. The number of H-pyrrole nitrogens is 1. The monoisotopic (exact) mass is 534 g/mol. The van der Waals surface area contributed by atoms with E-state index in [2.05, 4.69) is 4.98 Å². The van der Waals surface area contributed by atoms with Gasteiger partial charge in [0, 0.05) is 32.9 Å². The van der Waals surface area contributed by atoms with Gasteiger partial charge in [0.1, 0.15) is 11.5 Å². The van der Waals surface area contributed by atoms with Crippen molar-refractivity contribution >= 4 is 57.2 Å². The minimum Gasteiger partial charge on any atom is -0.507 e. The van der Waals surface area contributed by atoms with E-state index in [0.717, 1.165) is 27.7 Å². The highest BCUT2D eigenvalue weighted by molar-refractivity contribution is 6.52. The Hall–Kier alpha value is -3.74. The van der Waals surface area contributed by atoms with Gasteiger partial charge in [0.25, 0.3) is 11.7 Å². The molecule has 0 radical (unpaired) electrons. The summed E-state index contributed by atoms with van der Waals surface area (Å²) in [5.41, 5.74) is 4.82. The molecule has 5 rings (SSSR count). The quantitative estimate of drug-likeness (QED) is 0.167. The second kappa shape index (κ2) is 9.29. The van der Waals surface area contributed by atoms with Gasteiger partial charge in [0.2, 0.25) is 0 Å². The number of aromatic nitrogens is 1. The van der Waals surface area contributed by atoms with E-state index >= 15 is 0 Å². The number of benzene rings is 3. The molecule has 1 atom stereocenters. The lowest BCUT2D eigenvalue weighted by Crippen LogP contribution is -2.29. The van der Waals surface area contributed by atoms with Crippen LogP contribution in [0, 0.1) is 20.8 Å². The molecule has 0 spiro atoms. The van der Waals surface area contributed by atoms with Crippen LogP contribution in [-0.4, -0.2) is 28.9 Å². The van der Waals surface area contributed by atoms with Crippen LogP contribution < -0.4 is 9.64 Å². The van der Waals surface area contributed by atoms with Crippen molar-refractivity contribution in [1.29, 1.82) is 0 Å². The van der Waals surface area contributed by atoms with Crippen molar-refractivity contribution in [2.75, 3.05) is 12.0 Å². The number of ether oxygens (including phenoxy) is 1. The highest BCUT2D eigenvalue weighted by Crippen LogP contribution is 2.47. The van der Waals surface area contributed by atoms with Crippen LogP contribution in [0.25, 0.3) is 16.7 Å². The standard InChI is InChI=1S/C29H24Cl2N2O4/c1-14-9-15(2)11-18(10-14)33-25(23-16(3)32-22-8-6-5-7-19(22)23)24(27(35)29(33)36)26(34)20-12-17(30)13-21(31)28(20)37-4/h5-13,25,32,34H,1-4H3/b26-24+. The minimum atomic E-state index is -0.917. The predicted octanol–water partition coefficient (Wildman–Crippen LogP) is 7.03. The van der Waals surface area contributed by atoms with Crippen molar-refractivity contribution in [3.05, 3.63) is 98.2 Å². The molecule has 3 aromatic carbocycles. The molecule has 1 aliphatic rings. The molecule has 2 N–H and O–H groups in total. The van der Waals surface area contributed by atoms with Crippen LogP contribution in [0.3, 0.4) is 0 Å². The van der Waals surface area contributed by atoms with Gasteiger partial charge in [-0.05, 0) is 62.2 Å². The number of hydrogen-bond acceptors (Lipinski definition) is 4. The topological polar surface area (TPSA) is 82.6 Å². The van der Waals surface area contributed by atoms with Crippen molar-refractivity contribution in [2.24, 2.45) is 0 Å². The summed E-state index contributed by atoms with van der Waals surface area (Å²) in [6.07, 6.45) is 0. The number of aliphatic hydroxyl groups is 1. The third-order valence-corrected chi connectivity index (χ3v) is 7.11. The van der Waals surface area contributed by atoms with E-state index in [4.69, 9.17) is 27.9 Å². The summed E-state index contributed by atoms with van der Waals surface area (Å²) in [5.74, 6) is -1.82. The number of aliphatic hydroxyl groups excluding tert-OH is 1. The first-order valence-electron chi connectivity index (χ1n) is 11.6. The van der Waals surface area contributed by atoms with E-state index < -0.39 is 23.5 Å². The number of hydrogen-bond donors (Lipinski definition) is 2. The molecule has 1 aliphatic heterocycles. The third-order valence-electron chi connectivity index (χ3n) is 6.61. The van der Waals surface area contributed by atoms with Crippen molar-refractivity contribution < 1.29 is 19.4 Å². The number of carbonyl (C=O) groups is 2. The van der Waals surface area contributed by atoms with Crippen molar-refractivity contribution in [2.45, 2.75) is 26.8 Å². The molecular formula is C29H24Cl2N2O4. The van der Waals surface area contributed by atoms with Gasteiger partial charge in [-0.15, -0.1) is 0 Å². The molecule has 6 nitrogen and oxygen atoms in total. The van der Waals surface area contributed by atoms with Crippen molar-refractivity contribution in [3.8, 4) is 5.75 Å². The molecule has 1 amide bonds. The highest BCUT2D eigenvalue weighted by Gasteiger charge is 2.48. The molecule has 2 heterocycles. The average Bonchev–Trinajstić information content (AvgIpc) is 3.29. The van der Waals surface area contributed by atoms with Crippen LogP contribution in [0.5, 0.6) is 5.75 Å². The van der Waals surface area contributed by atoms with Crippen LogP contribution in [0.4, 0.5) is 5.69 Å². The van der Waals surface area contributed by atoms with Crippen molar-refractivity contribution in [3.63, 3.8) is 0 Å². The maximum absolute atomic E-state index is 13.7. The van der Waals surface area contributed by atoms with E-state index in [9.17, 15) is 14.7 Å². The van der Waals surface area contributed by atoms with Gasteiger partial charge in [-0.3, -0.25) is 14.5 Å². The SMILES string of the molecule is COc1c(Cl)cc(Cl)cc1/C(O)=C1\C(=O)C(=O)N(c2cc(C)cc(C)c2)C1c1c(C)[nH]c2ccccc12. The number of aromatic amines is 1. The van der Waals surface area contributed by atoms with Gasteiger partial charge < -0.3 is 14.8 Å². The van der Waals surface area contributed by atoms with Crippen LogP contribution in [-0.2, 0) is 9.59 Å². The molecule has 188 valence electrons. The van der Waals surface area contributed by atoms with Gasteiger partial charge in [-0.2, -0.15) is 0 Å². The first-order valence-corrected chi connectivity index (χ1v) is 12.4. The number of halogens is 2. The van der Waals surface area contributed by atoms with Crippen LogP contribution in [0.1, 0.15) is 34.0 Å². The maximum atomic E-state index is 13.7. The number of nitrogens with one attached hydrogen (secondary N) is 1. The fourth-order valence-electron chi connectivity index (χ4n) is 5.20. The fraction of sp³-hybridized carbons (Fsp3) is 0.172. The largest absolute Gasteiger partial charge is 0.507 e. The number of nitrogens with zero attached hydrogens (tertiary/aromatic N) is 1. The molecule has 0 saturated carbocycles. The first kappa shape index (κ1) is 24.9. The summed E-state index contributed by atoms with van der Waals surface area (Å²) < 4.78 is 5.44. The Bertz CT molecular complexity index is 1620. The maximum Gasteiger partial charge on any atom is 0.300 e. The summed E-state index contributed by atoms with van der Waals surface area (Å²) in [4.78, 5) is 32.1. The third kappa shape index (κ3) is 4.06. The first-order chi connectivity index (χ1) is 17.6. The van der Waals surface area contributed by atoms with Crippen LogP contribution in [0.2, 0.25) is 10.0 Å². The second-order valence-electron chi connectivity index (χ2n) is 9.19. The molecule has 1 saturated heterocycles. The number of amides is 1. The van der Waals surface area contributed by atoms with Crippen molar-refractivity contribution in [1.82, 2.24) is 4.98 Å². The number of para-hydroxylation sites is 1. The zero-order chi connectivity index (χ0) is 26.6. The number of fused-ring (bicyclic) bond motifs is 1. The Morgan fingerprint density at radius 2 is 1.68 bits per heavy atom. The van der Waals surface area contributed by atoms with Gasteiger partial charge in [0.05, 0.1) is 29.3 Å². The Kier molecular flexibility index (Phi) is 6.26. The second-order valence-corrected chi connectivity index (χ2v) is 10.0. The van der Waals surface area contributed by atoms with Gasteiger partial charge in [0.15, 0.2) is 0 Å². The molecule has 1 aromatic heterocycles. The zero-order valence-electron chi connectivity index (χ0n) is 20.6. The molecule has 0 bridgehead atoms. The molecule has 8 heteroatoms. The molecule has 1 fully saturated rings. The van der Waals surface area contributed by atoms with Gasteiger partial charge in [-0.1, -0.05) is 47.5 Å². The van der Waals surface area contributed by atoms with E-state index in [0.29, 0.717) is 11.3 Å². The Balaban J connectivity index is 1.87. The van der Waals surface area contributed by atoms with Gasteiger partial charge >= 0.3 is 0 Å². The lowest BCUT2D eigenvalue weighted by atomic mass is 9.92. The number of methoxy groups -OCH3 is 1. The van der Waals surface area contributed by atoms with E-state index in [-0.39, 0.29) is 26.9 Å². The predicted molar refractivity (Wildman–Crippen MR) is 147 cm³/mol. The molecule has 1 unspecified atom stereocenters. The van der Waals surface area contributed by atoms with Gasteiger partial charge in [-0.25, -0.2) is 0 Å². The lowest BCUT2D eigenvalue weighted by molar-refractivity contribution is -0.132. The van der Waals surface area contributed by atoms with E-state index in [1.807, 2.05) is 63.2 Å². The Morgan fingerprint density at radius 3 is 2.35 bits per heavy atom. The summed E-state index contributed by atoms with van der Waals surface area (Å²) in [7, 11) is 1.40. The number of anilines is 1. The molecule has 37 heavy (non-hydrogen) atoms. The fourth-order valence-corrected chi connectivity index (χ4v) is 5.77. The Labute approximate surface area is 224 Å². The smallest absolute Gasteiger partial charge is 0.300 e. The van der Waals surface area contributed by atoms with E-state index in [1.165, 1.54) is 24.1 Å². The summed E-state index contributed by atoms with van der Waals surface area (Å²) in [6.45, 7) is 5.74. The van der Waals surface area contributed by atoms with Crippen LogP contribution >= 0.6 is 23.2 Å². The minimum absolute atomic E-state index is 0.0753. The van der Waals surface area contributed by atoms with E-state index in [1.54, 1.807) is 0 Å². The lowest BCUT2D eigenvalue weighted by Gasteiger charge is -2.26. The normalized spacial score (nSPS) is 17.1. The molecule has 4 aromatic rings. The summed E-state index contributed by atoms with van der Waals surface area (Å²) in [5, 5.41) is 12.9. The number of aryl methyl sites for hydroxylation is 3. The molecule has 0 aliphatic carbocycles.